The molecule has 0 aliphatic heterocycles. The zero-order valence-electron chi connectivity index (χ0n) is 8.46. The first-order valence-corrected chi connectivity index (χ1v) is 4.83. The van der Waals surface area contributed by atoms with E-state index in [-0.39, 0.29) is 0 Å². The molecule has 0 aliphatic rings. The van der Waals surface area contributed by atoms with Crippen LogP contribution >= 0.6 is 11.6 Å². The Labute approximate surface area is 93.3 Å². The molecule has 1 aromatic rings. The number of hydrogen-bond donors (Lipinski definition) is 2. The number of nitrogens with one attached hydrogen (secondary N) is 1. The Morgan fingerprint density at radius 1 is 1.67 bits per heavy atom. The number of rotatable bonds is 5. The molecule has 3 N–H and O–H groups in total. The molecule has 0 bridgehead atoms. The van der Waals surface area contributed by atoms with Crippen molar-refractivity contribution in [3.63, 3.8) is 0 Å². The maximum Gasteiger partial charge on any atom is 0.242 e. The number of aromatic nitrogens is 2. The van der Waals surface area contributed by atoms with Crippen LogP contribution in [0.15, 0.2) is 17.9 Å². The van der Waals surface area contributed by atoms with Crippen LogP contribution in [0.1, 0.15) is 6.92 Å². The molecule has 1 rings (SSSR count). The van der Waals surface area contributed by atoms with Gasteiger partial charge in [0.15, 0.2) is 5.82 Å². The highest BCUT2D eigenvalue weighted by atomic mass is 35.5. The minimum atomic E-state index is 0.371. The maximum atomic E-state index is 5.77. The van der Waals surface area contributed by atoms with Crippen molar-refractivity contribution in [3.05, 3.63) is 17.9 Å². The summed E-state index contributed by atoms with van der Waals surface area (Å²) in [4.78, 5) is 7.87. The molecule has 82 valence electrons. The molecule has 1 heterocycles. The fourth-order valence-corrected chi connectivity index (χ4v) is 1.02. The van der Waals surface area contributed by atoms with E-state index in [0.717, 1.165) is 0 Å². The standard InChI is InChI=1S/C9H13ClN4O/c1-3-15-9-7(11)8(13-5-14-9)12-4-6(2)10/h5H,2-4,11H2,1H3,(H,12,13,14). The first-order valence-electron chi connectivity index (χ1n) is 4.45. The normalized spacial score (nSPS) is 9.73. The zero-order chi connectivity index (χ0) is 11.3. The Hall–Kier alpha value is -1.49. The average molecular weight is 229 g/mol. The summed E-state index contributed by atoms with van der Waals surface area (Å²) >= 11 is 5.61. The predicted molar refractivity (Wildman–Crippen MR) is 61.1 cm³/mol. The van der Waals surface area contributed by atoms with Crippen LogP contribution in [0.3, 0.4) is 0 Å². The molecule has 15 heavy (non-hydrogen) atoms. The number of ether oxygens (including phenoxy) is 1. The van der Waals surface area contributed by atoms with Crippen molar-refractivity contribution >= 4 is 23.1 Å². The fraction of sp³-hybridized carbons (Fsp3) is 0.333. The van der Waals surface area contributed by atoms with Crippen LogP contribution < -0.4 is 15.8 Å². The number of nitrogens with zero attached hydrogens (tertiary/aromatic N) is 2. The summed E-state index contributed by atoms with van der Waals surface area (Å²) in [5.41, 5.74) is 6.14. The first-order chi connectivity index (χ1) is 7.15. The SMILES string of the molecule is C=C(Cl)CNc1ncnc(OCC)c1N. The summed E-state index contributed by atoms with van der Waals surface area (Å²) in [6, 6.07) is 0. The third kappa shape index (κ3) is 3.28. The largest absolute Gasteiger partial charge is 0.476 e. The van der Waals surface area contributed by atoms with Gasteiger partial charge >= 0.3 is 0 Å². The molecule has 0 fully saturated rings. The molecule has 0 radical (unpaired) electrons. The number of anilines is 2. The highest BCUT2D eigenvalue weighted by Gasteiger charge is 2.07. The van der Waals surface area contributed by atoms with Gasteiger partial charge in [0.2, 0.25) is 5.88 Å². The monoisotopic (exact) mass is 228 g/mol. The number of nitrogen functional groups attached to an aromatic ring is 1. The topological polar surface area (TPSA) is 73.1 Å². The summed E-state index contributed by atoms with van der Waals surface area (Å²) in [6.07, 6.45) is 1.38. The van der Waals surface area contributed by atoms with Crippen molar-refractivity contribution in [1.82, 2.24) is 9.97 Å². The van der Waals surface area contributed by atoms with Gasteiger partial charge in [-0.25, -0.2) is 4.98 Å². The zero-order valence-corrected chi connectivity index (χ0v) is 9.21. The number of halogens is 1. The molecule has 5 nitrogen and oxygen atoms in total. The van der Waals surface area contributed by atoms with Gasteiger partial charge in [-0.05, 0) is 6.92 Å². The van der Waals surface area contributed by atoms with Gasteiger partial charge in [-0.3, -0.25) is 0 Å². The van der Waals surface area contributed by atoms with Crippen LogP contribution in [0, 0.1) is 0 Å². The van der Waals surface area contributed by atoms with E-state index in [1.165, 1.54) is 6.33 Å². The molecule has 0 saturated heterocycles. The Bertz CT molecular complexity index is 356. The molecular formula is C9H13ClN4O. The molecule has 0 aromatic carbocycles. The molecule has 0 aliphatic carbocycles. The van der Waals surface area contributed by atoms with Gasteiger partial charge < -0.3 is 15.8 Å². The van der Waals surface area contributed by atoms with E-state index < -0.39 is 0 Å². The van der Waals surface area contributed by atoms with Crippen LogP contribution in [0.5, 0.6) is 5.88 Å². The third-order valence-electron chi connectivity index (χ3n) is 1.58. The minimum absolute atomic E-state index is 0.371. The van der Waals surface area contributed by atoms with Crippen LogP contribution in [0.25, 0.3) is 0 Å². The van der Waals surface area contributed by atoms with E-state index in [1.807, 2.05) is 6.92 Å². The smallest absolute Gasteiger partial charge is 0.242 e. The predicted octanol–water partition coefficient (Wildman–Crippen LogP) is 1.62. The molecule has 6 heteroatoms. The van der Waals surface area contributed by atoms with Gasteiger partial charge in [-0.2, -0.15) is 4.98 Å². The fourth-order valence-electron chi connectivity index (χ4n) is 0.952. The highest BCUT2D eigenvalue weighted by molar-refractivity contribution is 6.29. The quantitative estimate of drug-likeness (QED) is 0.801. The second kappa shape index (κ2) is 5.41. The Morgan fingerprint density at radius 3 is 3.00 bits per heavy atom. The Kier molecular flexibility index (Phi) is 4.17. The summed E-state index contributed by atoms with van der Waals surface area (Å²) in [6.45, 7) is 6.30. The molecular weight excluding hydrogens is 216 g/mol. The highest BCUT2D eigenvalue weighted by Crippen LogP contribution is 2.24. The van der Waals surface area contributed by atoms with Crippen molar-refractivity contribution in [2.24, 2.45) is 0 Å². The summed E-state index contributed by atoms with van der Waals surface area (Å²) in [5, 5.41) is 3.40. The molecule has 0 saturated carbocycles. The van der Waals surface area contributed by atoms with Crippen molar-refractivity contribution < 1.29 is 4.74 Å². The van der Waals surface area contributed by atoms with Crippen molar-refractivity contribution in [2.75, 3.05) is 24.2 Å². The molecule has 1 aromatic heterocycles. The van der Waals surface area contributed by atoms with E-state index in [2.05, 4.69) is 21.9 Å². The molecule has 0 spiro atoms. The van der Waals surface area contributed by atoms with E-state index in [4.69, 9.17) is 22.1 Å². The van der Waals surface area contributed by atoms with E-state index in [0.29, 0.717) is 35.6 Å². The van der Waals surface area contributed by atoms with Crippen LogP contribution in [-0.2, 0) is 0 Å². The molecule has 0 atom stereocenters. The average Bonchev–Trinajstić information content (AvgIpc) is 2.19. The lowest BCUT2D eigenvalue weighted by Gasteiger charge is -2.10. The van der Waals surface area contributed by atoms with Gasteiger partial charge in [-0.1, -0.05) is 18.2 Å². The third-order valence-corrected chi connectivity index (χ3v) is 1.71. The number of hydrogen-bond acceptors (Lipinski definition) is 5. The number of nitrogens with two attached hydrogens (primary N) is 1. The lowest BCUT2D eigenvalue weighted by Crippen LogP contribution is -2.08. The van der Waals surface area contributed by atoms with E-state index >= 15 is 0 Å². The van der Waals surface area contributed by atoms with E-state index in [9.17, 15) is 0 Å². The van der Waals surface area contributed by atoms with Gasteiger partial charge in [0.05, 0.1) is 13.2 Å². The Balaban J connectivity index is 2.79. The second-order valence-corrected chi connectivity index (χ2v) is 3.28. The van der Waals surface area contributed by atoms with Gasteiger partial charge in [0.25, 0.3) is 0 Å². The van der Waals surface area contributed by atoms with Crippen molar-refractivity contribution in [1.29, 1.82) is 0 Å². The van der Waals surface area contributed by atoms with Gasteiger partial charge in [0.1, 0.15) is 12.0 Å². The summed E-state index contributed by atoms with van der Waals surface area (Å²) < 4.78 is 5.21. The van der Waals surface area contributed by atoms with Crippen LogP contribution in [0.2, 0.25) is 0 Å². The Morgan fingerprint density at radius 2 is 2.40 bits per heavy atom. The lowest BCUT2D eigenvalue weighted by molar-refractivity contribution is 0.328. The summed E-state index contributed by atoms with van der Waals surface area (Å²) in [5.74, 6) is 0.866. The van der Waals surface area contributed by atoms with Gasteiger partial charge in [0, 0.05) is 5.03 Å². The summed E-state index contributed by atoms with van der Waals surface area (Å²) in [7, 11) is 0. The van der Waals surface area contributed by atoms with Gasteiger partial charge in [-0.15, -0.1) is 0 Å². The van der Waals surface area contributed by atoms with Crippen molar-refractivity contribution in [3.8, 4) is 5.88 Å². The molecule has 0 unspecified atom stereocenters. The first kappa shape index (κ1) is 11.6. The van der Waals surface area contributed by atoms with E-state index in [1.54, 1.807) is 0 Å². The van der Waals surface area contributed by atoms with Crippen molar-refractivity contribution in [2.45, 2.75) is 6.92 Å². The molecule has 0 amide bonds. The maximum absolute atomic E-state index is 5.77. The minimum Gasteiger partial charge on any atom is -0.476 e. The lowest BCUT2D eigenvalue weighted by atomic mass is 10.4. The second-order valence-electron chi connectivity index (χ2n) is 2.74. The van der Waals surface area contributed by atoms with Crippen LogP contribution in [0.4, 0.5) is 11.5 Å². The van der Waals surface area contributed by atoms with Crippen LogP contribution in [-0.4, -0.2) is 23.1 Å².